The number of urea groups is 1. The van der Waals surface area contributed by atoms with Crippen LogP contribution in [0.4, 0.5) is 18.0 Å². The Labute approximate surface area is 249 Å². The Morgan fingerprint density at radius 3 is 2.40 bits per heavy atom. The Kier molecular flexibility index (Phi) is 14.9. The molecule has 1 heterocycles. The molecule has 10 nitrogen and oxygen atoms in total. The van der Waals surface area contributed by atoms with Gasteiger partial charge in [0, 0.05) is 32.0 Å². The summed E-state index contributed by atoms with van der Waals surface area (Å²) in [5, 5.41) is 19.7. The van der Waals surface area contributed by atoms with Gasteiger partial charge < -0.3 is 29.9 Å². The molecule has 3 N–H and O–H groups in total. The minimum Gasteiger partial charge on any atom is -0.478 e. The summed E-state index contributed by atoms with van der Waals surface area (Å²) in [6.07, 6.45) is 4.11. The number of hydrogen-bond donors (Lipinski definition) is 3. The lowest BCUT2D eigenvalue weighted by Crippen LogP contribution is -2.42. The van der Waals surface area contributed by atoms with E-state index in [9.17, 15) is 27.9 Å². The average molecular weight is 612 g/mol. The van der Waals surface area contributed by atoms with Crippen LogP contribution in [-0.2, 0) is 27.4 Å². The predicted octanol–water partition coefficient (Wildman–Crippen LogP) is 5.58. The number of rotatable bonds is 13. The van der Waals surface area contributed by atoms with Gasteiger partial charge in [-0.2, -0.15) is 13.2 Å². The van der Waals surface area contributed by atoms with Gasteiger partial charge in [-0.05, 0) is 61.8 Å². The molecule has 13 heteroatoms. The van der Waals surface area contributed by atoms with Crippen molar-refractivity contribution < 1.29 is 47.2 Å². The van der Waals surface area contributed by atoms with Gasteiger partial charge in [-0.15, -0.1) is 0 Å². The number of nitrogens with zero attached hydrogens (tertiary/aromatic N) is 2. The number of pyridine rings is 1. The van der Waals surface area contributed by atoms with Crippen molar-refractivity contribution in [1.29, 1.82) is 0 Å². The number of aromatic nitrogens is 1. The monoisotopic (exact) mass is 611 g/mol. The van der Waals surface area contributed by atoms with E-state index in [2.05, 4.69) is 17.2 Å². The minimum atomic E-state index is -5.08. The van der Waals surface area contributed by atoms with Gasteiger partial charge in [-0.25, -0.2) is 14.4 Å². The van der Waals surface area contributed by atoms with Crippen LogP contribution >= 0.6 is 0 Å². The number of hydrogen-bond acceptors (Lipinski definition) is 6. The number of halogens is 3. The van der Waals surface area contributed by atoms with Crippen LogP contribution in [0.15, 0.2) is 42.7 Å². The van der Waals surface area contributed by atoms with Crippen LogP contribution in [0, 0.1) is 6.92 Å². The fourth-order valence-corrected chi connectivity index (χ4v) is 4.55. The first-order valence-corrected chi connectivity index (χ1v) is 14.2. The normalized spacial score (nSPS) is 16.5. The average Bonchev–Trinajstić information content (AvgIpc) is 2.96. The molecule has 0 unspecified atom stereocenters. The molecular weight excluding hydrogens is 571 g/mol. The maximum atomic E-state index is 12.8. The van der Waals surface area contributed by atoms with Gasteiger partial charge in [0.05, 0.1) is 31.0 Å². The molecule has 1 saturated carbocycles. The van der Waals surface area contributed by atoms with Crippen molar-refractivity contribution in [2.75, 3.05) is 19.7 Å². The number of ether oxygens (including phenoxy) is 2. The summed E-state index contributed by atoms with van der Waals surface area (Å²) in [4.78, 5) is 39.2. The lowest BCUT2D eigenvalue weighted by atomic mass is 9.94. The Morgan fingerprint density at radius 2 is 1.79 bits per heavy atom. The van der Waals surface area contributed by atoms with E-state index in [4.69, 9.17) is 19.4 Å². The Morgan fingerprint density at radius 1 is 1.09 bits per heavy atom. The van der Waals surface area contributed by atoms with Gasteiger partial charge >= 0.3 is 24.1 Å². The molecule has 3 rings (SSSR count). The molecular formula is C30H40F3N3O7. The quantitative estimate of drug-likeness (QED) is 0.250. The van der Waals surface area contributed by atoms with Crippen molar-refractivity contribution in [2.45, 2.75) is 83.9 Å². The Balaban J connectivity index is 0.000000821. The number of carbonyl (C=O) groups is 3. The molecule has 1 aromatic heterocycles. The highest BCUT2D eigenvalue weighted by Crippen LogP contribution is 2.25. The number of unbranched alkanes of at least 4 members (excludes halogenated alkanes) is 1. The van der Waals surface area contributed by atoms with E-state index in [1.807, 2.05) is 24.3 Å². The molecule has 1 fully saturated rings. The standard InChI is InChI=1S/C28H39N3O5.C2HF3O2/c1-3-4-14-30-28(34)31(19-22-9-7-13-29-18-22)15-16-35-24-11-6-12-25(17-24)36-20-23-10-5-8-21(2)26(23)27(32)33;3-2(4,5)1(6)7/h5,7-10,13,18,24-25H,3-4,6,11-12,14-17,19-20H2,1-2H3,(H,30,34)(H,32,33);(H,6,7)/t24-,25+;/m1./s1. The number of aromatic carboxylic acids is 1. The van der Waals surface area contributed by atoms with Gasteiger partial charge in [0.15, 0.2) is 0 Å². The molecule has 0 saturated heterocycles. The van der Waals surface area contributed by atoms with E-state index < -0.39 is 18.1 Å². The molecule has 0 aliphatic heterocycles. The van der Waals surface area contributed by atoms with Gasteiger partial charge in [0.1, 0.15) is 0 Å². The third-order valence-electron chi connectivity index (χ3n) is 6.77. The summed E-state index contributed by atoms with van der Waals surface area (Å²) in [6, 6.07) is 9.23. The van der Waals surface area contributed by atoms with Crippen LogP contribution in [0.1, 0.15) is 72.5 Å². The van der Waals surface area contributed by atoms with Crippen LogP contribution < -0.4 is 5.32 Å². The first-order chi connectivity index (χ1) is 20.4. The number of amides is 2. The molecule has 43 heavy (non-hydrogen) atoms. The largest absolute Gasteiger partial charge is 0.490 e. The smallest absolute Gasteiger partial charge is 0.478 e. The number of aliphatic carboxylic acids is 1. The van der Waals surface area contributed by atoms with Gasteiger partial charge in [0.25, 0.3) is 0 Å². The van der Waals surface area contributed by atoms with E-state index in [0.717, 1.165) is 49.7 Å². The summed E-state index contributed by atoms with van der Waals surface area (Å²) in [6.45, 7) is 6.25. The maximum absolute atomic E-state index is 12.8. The summed E-state index contributed by atoms with van der Waals surface area (Å²) < 4.78 is 44.0. The number of alkyl halides is 3. The van der Waals surface area contributed by atoms with Crippen molar-refractivity contribution >= 4 is 18.0 Å². The number of carboxylic acids is 2. The molecule has 0 radical (unpaired) electrons. The number of carbonyl (C=O) groups excluding carboxylic acids is 1. The van der Waals surface area contributed by atoms with Crippen LogP contribution in [0.5, 0.6) is 0 Å². The molecule has 2 amide bonds. The van der Waals surface area contributed by atoms with Crippen molar-refractivity contribution in [1.82, 2.24) is 15.2 Å². The third kappa shape index (κ3) is 13.0. The van der Waals surface area contributed by atoms with E-state index in [1.165, 1.54) is 0 Å². The molecule has 1 aliphatic carbocycles. The summed E-state index contributed by atoms with van der Waals surface area (Å²) in [5.41, 5.74) is 2.74. The second-order valence-corrected chi connectivity index (χ2v) is 10.2. The lowest BCUT2D eigenvalue weighted by molar-refractivity contribution is -0.192. The van der Waals surface area contributed by atoms with Crippen molar-refractivity contribution in [3.63, 3.8) is 0 Å². The first-order valence-electron chi connectivity index (χ1n) is 14.2. The van der Waals surface area contributed by atoms with Crippen molar-refractivity contribution in [2.24, 2.45) is 0 Å². The van der Waals surface area contributed by atoms with Crippen LogP contribution in [0.2, 0.25) is 0 Å². The fourth-order valence-electron chi connectivity index (χ4n) is 4.55. The van der Waals surface area contributed by atoms with Crippen molar-refractivity contribution in [3.8, 4) is 0 Å². The second kappa shape index (κ2) is 18.1. The Bertz CT molecular complexity index is 1170. The van der Waals surface area contributed by atoms with E-state index in [1.54, 1.807) is 30.3 Å². The van der Waals surface area contributed by atoms with E-state index in [0.29, 0.717) is 37.4 Å². The third-order valence-corrected chi connectivity index (χ3v) is 6.77. The molecule has 238 valence electrons. The SMILES string of the molecule is CCCCNC(=O)N(CCO[C@@H]1CCC[C@H](OCc2cccc(C)c2C(=O)O)C1)Cc1cccnc1.O=C(O)C(F)(F)F. The molecule has 1 aliphatic rings. The molecule has 2 atom stereocenters. The highest BCUT2D eigenvalue weighted by molar-refractivity contribution is 5.91. The summed E-state index contributed by atoms with van der Waals surface area (Å²) in [5.74, 6) is -3.68. The van der Waals surface area contributed by atoms with Crippen LogP contribution in [0.25, 0.3) is 0 Å². The molecule has 0 bridgehead atoms. The number of aryl methyl sites for hydroxylation is 1. The summed E-state index contributed by atoms with van der Waals surface area (Å²) in [7, 11) is 0. The minimum absolute atomic E-state index is 0.0229. The zero-order chi connectivity index (χ0) is 31.8. The summed E-state index contributed by atoms with van der Waals surface area (Å²) >= 11 is 0. The topological polar surface area (TPSA) is 138 Å². The lowest BCUT2D eigenvalue weighted by Gasteiger charge is -2.30. The molecule has 0 spiro atoms. The van der Waals surface area contributed by atoms with Gasteiger partial charge in [-0.3, -0.25) is 4.98 Å². The maximum Gasteiger partial charge on any atom is 0.490 e. The predicted molar refractivity (Wildman–Crippen MR) is 152 cm³/mol. The Hall–Kier alpha value is -3.71. The highest BCUT2D eigenvalue weighted by atomic mass is 19.4. The number of carboxylic acid groups (broad SMARTS) is 2. The highest BCUT2D eigenvalue weighted by Gasteiger charge is 2.38. The second-order valence-electron chi connectivity index (χ2n) is 10.2. The van der Waals surface area contributed by atoms with Crippen molar-refractivity contribution in [3.05, 3.63) is 65.0 Å². The van der Waals surface area contributed by atoms with Crippen LogP contribution in [-0.4, -0.2) is 76.1 Å². The van der Waals surface area contributed by atoms with Gasteiger partial charge in [0.2, 0.25) is 0 Å². The van der Waals surface area contributed by atoms with E-state index >= 15 is 0 Å². The molecule has 2 aromatic rings. The van der Waals surface area contributed by atoms with Gasteiger partial charge in [-0.1, -0.05) is 37.6 Å². The molecule has 1 aromatic carbocycles. The zero-order valence-electron chi connectivity index (χ0n) is 24.4. The first kappa shape index (κ1) is 35.5. The number of benzene rings is 1. The van der Waals surface area contributed by atoms with E-state index in [-0.39, 0.29) is 24.8 Å². The zero-order valence-corrected chi connectivity index (χ0v) is 24.4. The van der Waals surface area contributed by atoms with Crippen LogP contribution in [0.3, 0.4) is 0 Å². The fraction of sp³-hybridized carbons (Fsp3) is 0.533. The number of nitrogens with one attached hydrogen (secondary N) is 1.